The number of H-pyrrole nitrogens is 1. The molecule has 0 amide bonds. The van der Waals surface area contributed by atoms with Crippen LogP contribution >= 0.6 is 0 Å². The molecule has 1 heterocycles. The van der Waals surface area contributed by atoms with Gasteiger partial charge in [-0.25, -0.2) is 4.79 Å². The molecule has 0 spiro atoms. The molecule has 0 atom stereocenters. The molecule has 0 bridgehead atoms. The molecule has 0 unspecified atom stereocenters. The second-order valence-electron chi connectivity index (χ2n) is 2.53. The van der Waals surface area contributed by atoms with Crippen molar-refractivity contribution in [2.24, 2.45) is 0 Å². The third kappa shape index (κ3) is 3.23. The largest absolute Gasteiger partial charge is 0.347 e. The second-order valence-corrected chi connectivity index (χ2v) is 2.53. The number of carbonyl (C=O) groups is 1. The van der Waals surface area contributed by atoms with E-state index in [1.807, 2.05) is 24.3 Å². The van der Waals surface area contributed by atoms with Crippen molar-refractivity contribution in [2.45, 2.75) is 0 Å². The van der Waals surface area contributed by atoms with E-state index in [1.54, 1.807) is 0 Å². The highest BCUT2D eigenvalue weighted by molar-refractivity contribution is 5.81. The second kappa shape index (κ2) is 5.93. The first-order valence-electron chi connectivity index (χ1n) is 4.25. The summed E-state index contributed by atoms with van der Waals surface area (Å²) in [5.74, 6) is -0.720. The van der Waals surface area contributed by atoms with E-state index in [2.05, 4.69) is 26.7 Å². The van der Waals surface area contributed by atoms with Gasteiger partial charge in [0.25, 0.3) is 6.26 Å². The van der Waals surface area contributed by atoms with Crippen molar-refractivity contribution < 1.29 is 9.53 Å². The Balaban J connectivity index is 0.000000168. The summed E-state index contributed by atoms with van der Waals surface area (Å²) in [6.45, 7) is 3.05. The van der Waals surface area contributed by atoms with Crippen LogP contribution in [0.4, 0.5) is 0 Å². The summed E-state index contributed by atoms with van der Waals surface area (Å²) in [7, 11) is 0. The van der Waals surface area contributed by atoms with Crippen LogP contribution in [0.2, 0.25) is 0 Å². The number of nitriles is 1. The standard InChI is InChI=1S/C6H5N3.C4H3NO2/c1-2-4-6-5(3-1)7-9-8-6;1-2-4(6)7-3-5/h1-4H,(H,7,8,9);2H,1H2. The number of esters is 1. The molecule has 0 aliphatic heterocycles. The number of nitrogens with zero attached hydrogens (tertiary/aromatic N) is 3. The van der Waals surface area contributed by atoms with E-state index in [0.29, 0.717) is 0 Å². The summed E-state index contributed by atoms with van der Waals surface area (Å²) in [6.07, 6.45) is 2.12. The van der Waals surface area contributed by atoms with Crippen LogP contribution in [0.25, 0.3) is 11.0 Å². The zero-order chi connectivity index (χ0) is 11.8. The number of fused-ring (bicyclic) bond motifs is 1. The molecule has 16 heavy (non-hydrogen) atoms. The van der Waals surface area contributed by atoms with Crippen LogP contribution < -0.4 is 0 Å². The molecule has 1 N–H and O–H groups in total. The lowest BCUT2D eigenvalue weighted by Gasteiger charge is -1.78. The van der Waals surface area contributed by atoms with Gasteiger partial charge in [-0.3, -0.25) is 0 Å². The number of aromatic amines is 1. The predicted octanol–water partition coefficient (Wildman–Crippen LogP) is 1.15. The number of hydrogen-bond acceptors (Lipinski definition) is 5. The fourth-order valence-electron chi connectivity index (χ4n) is 0.873. The summed E-state index contributed by atoms with van der Waals surface area (Å²) in [5.41, 5.74) is 1.83. The normalized spacial score (nSPS) is 8.44. The number of nitrogens with one attached hydrogen (secondary N) is 1. The first kappa shape index (κ1) is 11.4. The maximum Gasteiger partial charge on any atom is 0.345 e. The van der Waals surface area contributed by atoms with Crippen LogP contribution in [0, 0.1) is 11.5 Å². The maximum atomic E-state index is 9.85. The van der Waals surface area contributed by atoms with Crippen LogP contribution in [0.3, 0.4) is 0 Å². The van der Waals surface area contributed by atoms with Gasteiger partial charge in [-0.15, -0.1) is 5.26 Å². The molecular weight excluding hydrogens is 208 g/mol. The monoisotopic (exact) mass is 216 g/mol. The molecule has 0 aliphatic carbocycles. The van der Waals surface area contributed by atoms with Crippen molar-refractivity contribution in [3.05, 3.63) is 36.9 Å². The Morgan fingerprint density at radius 2 is 2.00 bits per heavy atom. The molecule has 0 radical (unpaired) electrons. The highest BCUT2D eigenvalue weighted by Gasteiger charge is 1.90. The van der Waals surface area contributed by atoms with Gasteiger partial charge in [0.15, 0.2) is 0 Å². The number of ether oxygens (including phenoxy) is 1. The SMILES string of the molecule is C=CC(=O)OC#N.c1ccc2n[nH]nc2c1. The van der Waals surface area contributed by atoms with Gasteiger partial charge in [0.2, 0.25) is 0 Å². The highest BCUT2D eigenvalue weighted by Crippen LogP contribution is 2.03. The molecule has 0 saturated heterocycles. The van der Waals surface area contributed by atoms with E-state index >= 15 is 0 Å². The van der Waals surface area contributed by atoms with Crippen molar-refractivity contribution in [1.82, 2.24) is 15.4 Å². The third-order valence-corrected chi connectivity index (χ3v) is 1.54. The molecule has 2 rings (SSSR count). The smallest absolute Gasteiger partial charge is 0.345 e. The Hall–Kier alpha value is -2.68. The van der Waals surface area contributed by atoms with Crippen LogP contribution in [0.5, 0.6) is 0 Å². The maximum absolute atomic E-state index is 9.85. The van der Waals surface area contributed by atoms with Gasteiger partial charge >= 0.3 is 5.97 Å². The highest BCUT2D eigenvalue weighted by atomic mass is 16.5. The van der Waals surface area contributed by atoms with E-state index in [4.69, 9.17) is 5.26 Å². The number of carbonyl (C=O) groups excluding carboxylic acids is 1. The Kier molecular flexibility index (Phi) is 4.22. The number of aromatic nitrogens is 3. The fraction of sp³-hybridized carbons (Fsp3) is 0. The summed E-state index contributed by atoms with van der Waals surface area (Å²) < 4.78 is 3.74. The number of benzene rings is 1. The molecular formula is C10H8N4O2. The molecule has 1 aromatic carbocycles. The number of para-hydroxylation sites is 2. The van der Waals surface area contributed by atoms with Gasteiger partial charge in [0.1, 0.15) is 11.0 Å². The van der Waals surface area contributed by atoms with E-state index in [9.17, 15) is 4.79 Å². The molecule has 0 fully saturated rings. The first-order chi connectivity index (χ1) is 7.77. The van der Waals surface area contributed by atoms with Crippen molar-refractivity contribution in [2.75, 3.05) is 0 Å². The zero-order valence-corrected chi connectivity index (χ0v) is 8.25. The van der Waals surface area contributed by atoms with Gasteiger partial charge < -0.3 is 4.74 Å². The Morgan fingerprint density at radius 1 is 1.44 bits per heavy atom. The van der Waals surface area contributed by atoms with Gasteiger partial charge in [-0.2, -0.15) is 15.4 Å². The predicted molar refractivity (Wildman–Crippen MR) is 55.8 cm³/mol. The summed E-state index contributed by atoms with van der Waals surface area (Å²) in [6, 6.07) is 7.70. The number of rotatable bonds is 1. The lowest BCUT2D eigenvalue weighted by Crippen LogP contribution is -1.91. The minimum absolute atomic E-state index is 0.720. The van der Waals surface area contributed by atoms with Crippen LogP contribution in [0.1, 0.15) is 0 Å². The van der Waals surface area contributed by atoms with E-state index < -0.39 is 5.97 Å². The third-order valence-electron chi connectivity index (χ3n) is 1.54. The lowest BCUT2D eigenvalue weighted by atomic mass is 10.3. The number of hydrogen-bond donors (Lipinski definition) is 1. The van der Waals surface area contributed by atoms with Gasteiger partial charge in [-0.1, -0.05) is 18.7 Å². The Labute approximate surface area is 91.1 Å². The topological polar surface area (TPSA) is 91.7 Å². The summed E-state index contributed by atoms with van der Waals surface area (Å²) in [4.78, 5) is 9.85. The summed E-state index contributed by atoms with van der Waals surface area (Å²) in [5, 5.41) is 17.9. The van der Waals surface area contributed by atoms with Crippen LogP contribution in [-0.4, -0.2) is 21.4 Å². The first-order valence-corrected chi connectivity index (χ1v) is 4.25. The average Bonchev–Trinajstić information content (AvgIpc) is 2.78. The lowest BCUT2D eigenvalue weighted by molar-refractivity contribution is -0.131. The Bertz CT molecular complexity index is 497. The van der Waals surface area contributed by atoms with Crippen LogP contribution in [-0.2, 0) is 9.53 Å². The van der Waals surface area contributed by atoms with Crippen molar-refractivity contribution in [3.8, 4) is 6.26 Å². The molecule has 6 nitrogen and oxygen atoms in total. The van der Waals surface area contributed by atoms with Crippen molar-refractivity contribution in [3.63, 3.8) is 0 Å². The minimum Gasteiger partial charge on any atom is -0.347 e. The summed E-state index contributed by atoms with van der Waals surface area (Å²) >= 11 is 0. The fourth-order valence-corrected chi connectivity index (χ4v) is 0.873. The van der Waals surface area contributed by atoms with Crippen molar-refractivity contribution >= 4 is 17.0 Å². The van der Waals surface area contributed by atoms with Crippen molar-refractivity contribution in [1.29, 1.82) is 5.26 Å². The zero-order valence-electron chi connectivity index (χ0n) is 8.25. The average molecular weight is 216 g/mol. The van der Waals surface area contributed by atoms with Gasteiger partial charge in [0, 0.05) is 6.08 Å². The van der Waals surface area contributed by atoms with E-state index in [1.165, 1.54) is 6.26 Å². The molecule has 0 saturated carbocycles. The quantitative estimate of drug-likeness (QED) is 0.438. The Morgan fingerprint density at radius 3 is 2.38 bits per heavy atom. The van der Waals surface area contributed by atoms with Gasteiger partial charge in [-0.05, 0) is 12.1 Å². The molecule has 0 aliphatic rings. The molecule has 1 aromatic heterocycles. The molecule has 6 heteroatoms. The van der Waals surface area contributed by atoms with Crippen LogP contribution in [0.15, 0.2) is 36.9 Å². The molecule has 2 aromatic rings. The molecule has 80 valence electrons. The van der Waals surface area contributed by atoms with E-state index in [0.717, 1.165) is 17.1 Å². The van der Waals surface area contributed by atoms with E-state index in [-0.39, 0.29) is 0 Å². The minimum atomic E-state index is -0.720. The van der Waals surface area contributed by atoms with Gasteiger partial charge in [0.05, 0.1) is 0 Å².